The van der Waals surface area contributed by atoms with E-state index in [2.05, 4.69) is 14.4 Å². The summed E-state index contributed by atoms with van der Waals surface area (Å²) in [5, 5.41) is 12.3. The summed E-state index contributed by atoms with van der Waals surface area (Å²) in [4.78, 5) is 10.6. The average Bonchev–Trinajstić information content (AvgIpc) is 2.89. The molecular formula is C11H10N2O6S. The Morgan fingerprint density at radius 1 is 1.40 bits per heavy atom. The smallest absolute Gasteiger partial charge is 0.335 e. The third kappa shape index (κ3) is 2.72. The number of carboxylic acids is 1. The largest absolute Gasteiger partial charge is 0.495 e. The lowest BCUT2D eigenvalue weighted by Gasteiger charge is -2.10. The summed E-state index contributed by atoms with van der Waals surface area (Å²) in [5.41, 5.74) is -0.0813. The molecule has 0 saturated heterocycles. The van der Waals surface area contributed by atoms with E-state index in [1.807, 2.05) is 0 Å². The molecule has 2 N–H and O–H groups in total. The number of hydrogen-bond acceptors (Lipinski definition) is 6. The number of aromatic nitrogens is 1. The van der Waals surface area contributed by atoms with Crippen molar-refractivity contribution in [2.45, 2.75) is 4.90 Å². The zero-order chi connectivity index (χ0) is 14.8. The molecule has 20 heavy (non-hydrogen) atoms. The lowest BCUT2D eigenvalue weighted by molar-refractivity contribution is 0.0696. The summed E-state index contributed by atoms with van der Waals surface area (Å²) >= 11 is 0. The maximum Gasteiger partial charge on any atom is 0.335 e. The Hall–Kier alpha value is -2.55. The number of ether oxygens (including phenoxy) is 1. The standard InChI is InChI=1S/C11H10N2O6S/c1-18-8-6-7(11(14)15)2-3-9(8)20(16,17)13-10-4-5-19-12-10/h2-6H,1H3,(H,12,13)(H,14,15). The monoisotopic (exact) mass is 298 g/mol. The first-order valence-electron chi connectivity index (χ1n) is 5.28. The number of anilines is 1. The van der Waals surface area contributed by atoms with E-state index in [0.717, 1.165) is 12.1 Å². The van der Waals surface area contributed by atoms with Gasteiger partial charge in [0.1, 0.15) is 16.9 Å². The third-order valence-corrected chi connectivity index (χ3v) is 3.77. The maximum absolute atomic E-state index is 12.1. The van der Waals surface area contributed by atoms with Crippen LogP contribution in [0.4, 0.5) is 5.82 Å². The van der Waals surface area contributed by atoms with Crippen molar-refractivity contribution in [1.29, 1.82) is 0 Å². The molecule has 1 heterocycles. The van der Waals surface area contributed by atoms with E-state index in [1.165, 1.54) is 25.5 Å². The van der Waals surface area contributed by atoms with Crippen molar-refractivity contribution >= 4 is 21.8 Å². The molecule has 8 nitrogen and oxygen atoms in total. The molecule has 0 radical (unpaired) electrons. The number of carboxylic acid groups (broad SMARTS) is 1. The van der Waals surface area contributed by atoms with Crippen molar-refractivity contribution in [2.75, 3.05) is 11.8 Å². The molecular weight excluding hydrogens is 288 g/mol. The SMILES string of the molecule is COc1cc(C(=O)O)ccc1S(=O)(=O)Nc1ccon1. The molecule has 0 fully saturated rings. The lowest BCUT2D eigenvalue weighted by atomic mass is 10.2. The first-order valence-corrected chi connectivity index (χ1v) is 6.77. The summed E-state index contributed by atoms with van der Waals surface area (Å²) in [7, 11) is -2.71. The van der Waals surface area contributed by atoms with Crippen molar-refractivity contribution in [1.82, 2.24) is 5.16 Å². The number of aromatic carboxylic acids is 1. The predicted octanol–water partition coefficient (Wildman–Crippen LogP) is 1.18. The van der Waals surface area contributed by atoms with E-state index in [0.29, 0.717) is 0 Å². The molecule has 0 saturated carbocycles. The molecule has 2 aromatic rings. The number of methoxy groups -OCH3 is 1. The maximum atomic E-state index is 12.1. The summed E-state index contributed by atoms with van der Waals surface area (Å²) in [5.74, 6) is -1.26. The number of nitrogens with zero attached hydrogens (tertiary/aromatic N) is 1. The van der Waals surface area contributed by atoms with E-state index in [-0.39, 0.29) is 22.0 Å². The Morgan fingerprint density at radius 3 is 2.70 bits per heavy atom. The molecule has 1 aromatic heterocycles. The Bertz CT molecular complexity index is 723. The molecule has 1 aromatic carbocycles. The van der Waals surface area contributed by atoms with Gasteiger partial charge in [0.15, 0.2) is 5.82 Å². The van der Waals surface area contributed by atoms with E-state index in [1.54, 1.807) is 0 Å². The molecule has 0 amide bonds. The fourth-order valence-electron chi connectivity index (χ4n) is 1.48. The quantitative estimate of drug-likeness (QED) is 0.850. The second kappa shape index (κ2) is 5.21. The van der Waals surface area contributed by atoms with Crippen LogP contribution in [-0.2, 0) is 10.0 Å². The summed E-state index contributed by atoms with van der Waals surface area (Å²) in [6, 6.07) is 4.77. The van der Waals surface area contributed by atoms with Crippen molar-refractivity contribution in [2.24, 2.45) is 0 Å². The van der Waals surface area contributed by atoms with Crippen molar-refractivity contribution < 1.29 is 27.6 Å². The highest BCUT2D eigenvalue weighted by molar-refractivity contribution is 7.92. The highest BCUT2D eigenvalue weighted by Gasteiger charge is 2.22. The first kappa shape index (κ1) is 13.9. The Kier molecular flexibility index (Phi) is 3.61. The van der Waals surface area contributed by atoms with Crippen LogP contribution >= 0.6 is 0 Å². The number of hydrogen-bond donors (Lipinski definition) is 2. The van der Waals surface area contributed by atoms with Gasteiger partial charge in [-0.05, 0) is 18.2 Å². The molecule has 0 spiro atoms. The fourth-order valence-corrected chi connectivity index (χ4v) is 2.63. The van der Waals surface area contributed by atoms with Crippen molar-refractivity contribution in [3.05, 3.63) is 36.1 Å². The lowest BCUT2D eigenvalue weighted by Crippen LogP contribution is -2.14. The van der Waals surface area contributed by atoms with Crippen molar-refractivity contribution in [3.63, 3.8) is 0 Å². The Morgan fingerprint density at radius 2 is 2.15 bits per heavy atom. The van der Waals surface area contributed by atoms with Gasteiger partial charge < -0.3 is 14.4 Å². The van der Waals surface area contributed by atoms with Gasteiger partial charge in [0.25, 0.3) is 10.0 Å². The molecule has 0 unspecified atom stereocenters. The van der Waals surface area contributed by atoms with Gasteiger partial charge in [-0.3, -0.25) is 4.72 Å². The van der Waals surface area contributed by atoms with Crippen LogP contribution < -0.4 is 9.46 Å². The Labute approximate surface area is 114 Å². The van der Waals surface area contributed by atoms with Crippen molar-refractivity contribution in [3.8, 4) is 5.75 Å². The van der Waals surface area contributed by atoms with Gasteiger partial charge in [-0.15, -0.1) is 0 Å². The highest BCUT2D eigenvalue weighted by atomic mass is 32.2. The first-order chi connectivity index (χ1) is 9.44. The number of benzene rings is 1. The fraction of sp³-hybridized carbons (Fsp3) is 0.0909. The number of nitrogens with one attached hydrogen (secondary N) is 1. The highest BCUT2D eigenvalue weighted by Crippen LogP contribution is 2.26. The van der Waals surface area contributed by atoms with Gasteiger partial charge in [0.05, 0.1) is 12.7 Å². The number of sulfonamides is 1. The third-order valence-electron chi connectivity index (χ3n) is 2.38. The zero-order valence-electron chi connectivity index (χ0n) is 10.2. The number of rotatable bonds is 5. The van der Waals surface area contributed by atoms with Crippen LogP contribution in [0.1, 0.15) is 10.4 Å². The summed E-state index contributed by atoms with van der Waals surface area (Å²) < 4.78 is 35.9. The van der Waals surface area contributed by atoms with Gasteiger partial charge in [0, 0.05) is 6.07 Å². The van der Waals surface area contributed by atoms with Gasteiger partial charge in [0.2, 0.25) is 0 Å². The van der Waals surface area contributed by atoms with Crippen LogP contribution in [0.25, 0.3) is 0 Å². The summed E-state index contributed by atoms with van der Waals surface area (Å²) in [6.07, 6.45) is 1.21. The summed E-state index contributed by atoms with van der Waals surface area (Å²) in [6.45, 7) is 0. The molecule has 0 aliphatic heterocycles. The minimum absolute atomic E-state index is 0.00867. The van der Waals surface area contributed by atoms with E-state index < -0.39 is 16.0 Å². The molecule has 0 atom stereocenters. The van der Waals surface area contributed by atoms with Crippen LogP contribution in [0.15, 0.2) is 39.9 Å². The van der Waals surface area contributed by atoms with Crippen LogP contribution in [0.3, 0.4) is 0 Å². The van der Waals surface area contributed by atoms with E-state index >= 15 is 0 Å². The average molecular weight is 298 g/mol. The molecule has 106 valence electrons. The van der Waals surface area contributed by atoms with Gasteiger partial charge >= 0.3 is 5.97 Å². The molecule has 0 aliphatic carbocycles. The predicted molar refractivity (Wildman–Crippen MR) is 67.3 cm³/mol. The normalized spacial score (nSPS) is 11.1. The topological polar surface area (TPSA) is 119 Å². The van der Waals surface area contributed by atoms with Gasteiger partial charge in [-0.25, -0.2) is 13.2 Å². The second-order valence-corrected chi connectivity index (χ2v) is 5.31. The molecule has 0 aliphatic rings. The second-order valence-electron chi connectivity index (χ2n) is 3.66. The zero-order valence-corrected chi connectivity index (χ0v) is 11.0. The van der Waals surface area contributed by atoms with Crippen LogP contribution in [-0.4, -0.2) is 31.8 Å². The van der Waals surface area contributed by atoms with Crippen LogP contribution in [0, 0.1) is 0 Å². The minimum atomic E-state index is -3.96. The molecule has 2 rings (SSSR count). The minimum Gasteiger partial charge on any atom is -0.495 e. The van der Waals surface area contributed by atoms with Crippen LogP contribution in [0.5, 0.6) is 5.75 Å². The Balaban J connectivity index is 2.43. The molecule has 0 bridgehead atoms. The number of carbonyl (C=O) groups is 1. The van der Waals surface area contributed by atoms with Gasteiger partial charge in [-0.1, -0.05) is 5.16 Å². The van der Waals surface area contributed by atoms with Gasteiger partial charge in [-0.2, -0.15) is 0 Å². The van der Waals surface area contributed by atoms with Crippen LogP contribution in [0.2, 0.25) is 0 Å². The molecule has 9 heteroatoms. The van der Waals surface area contributed by atoms with E-state index in [9.17, 15) is 13.2 Å². The van der Waals surface area contributed by atoms with E-state index in [4.69, 9.17) is 9.84 Å².